The van der Waals surface area contributed by atoms with E-state index in [2.05, 4.69) is 57.9 Å². The van der Waals surface area contributed by atoms with Crippen LogP contribution in [0.15, 0.2) is 42.7 Å². The summed E-state index contributed by atoms with van der Waals surface area (Å²) in [5.41, 5.74) is 1.40. The zero-order valence-electron chi connectivity index (χ0n) is 10.1. The van der Waals surface area contributed by atoms with Crippen LogP contribution >= 0.6 is 0 Å². The van der Waals surface area contributed by atoms with Gasteiger partial charge in [0.15, 0.2) is 0 Å². The number of benzene rings is 1. The van der Waals surface area contributed by atoms with Gasteiger partial charge in [-0.05, 0) is 12.1 Å². The van der Waals surface area contributed by atoms with Gasteiger partial charge in [-0.15, -0.1) is 0 Å². The largest absolute Gasteiger partial charge is 0.332 e. The van der Waals surface area contributed by atoms with Crippen LogP contribution in [0.3, 0.4) is 0 Å². The second-order valence-corrected chi connectivity index (χ2v) is 4.49. The molecule has 1 aliphatic heterocycles. The minimum Gasteiger partial charge on any atom is -0.332 e. The maximum Gasteiger partial charge on any atom is 0.122 e. The molecule has 0 bridgehead atoms. The average molecular weight is 227 g/mol. The molecule has 1 aromatic carbocycles. The van der Waals surface area contributed by atoms with E-state index in [-0.39, 0.29) is 0 Å². The van der Waals surface area contributed by atoms with Crippen LogP contribution in [0, 0.1) is 0 Å². The van der Waals surface area contributed by atoms with Gasteiger partial charge in [0, 0.05) is 18.9 Å². The van der Waals surface area contributed by atoms with Crippen molar-refractivity contribution in [2.24, 2.45) is 0 Å². The Morgan fingerprint density at radius 2 is 2.12 bits per heavy atom. The monoisotopic (exact) mass is 227 g/mol. The Labute approximate surface area is 102 Å². The molecule has 1 aliphatic rings. The number of imidazole rings is 1. The third-order valence-electron chi connectivity index (χ3n) is 3.55. The van der Waals surface area contributed by atoms with Crippen LogP contribution in [0.2, 0.25) is 0 Å². The third-order valence-corrected chi connectivity index (χ3v) is 3.55. The molecular weight excluding hydrogens is 210 g/mol. The minimum absolute atomic E-state index is 0.475. The first-order chi connectivity index (χ1) is 8.38. The fourth-order valence-electron chi connectivity index (χ4n) is 2.58. The summed E-state index contributed by atoms with van der Waals surface area (Å²) in [7, 11) is 0. The number of hydrogen-bond donors (Lipinski definition) is 0. The summed E-state index contributed by atoms with van der Waals surface area (Å²) in [6.07, 6.45) is 3.98. The van der Waals surface area contributed by atoms with Gasteiger partial charge in [0.25, 0.3) is 0 Å². The average Bonchev–Trinajstić information content (AvgIpc) is 2.85. The molecule has 0 N–H and O–H groups in total. The van der Waals surface area contributed by atoms with Crippen LogP contribution in [0.25, 0.3) is 0 Å². The maximum absolute atomic E-state index is 4.40. The van der Waals surface area contributed by atoms with Crippen molar-refractivity contribution in [1.82, 2.24) is 14.5 Å². The van der Waals surface area contributed by atoms with Crippen LogP contribution in [-0.2, 0) is 13.1 Å². The summed E-state index contributed by atoms with van der Waals surface area (Å²) < 4.78 is 2.27. The Bertz CT molecular complexity index is 489. The lowest BCUT2D eigenvalue weighted by Crippen LogP contribution is -2.36. The molecule has 0 spiro atoms. The molecule has 3 nitrogen and oxygen atoms in total. The number of aromatic nitrogens is 2. The molecule has 0 saturated heterocycles. The van der Waals surface area contributed by atoms with Crippen molar-refractivity contribution in [3.8, 4) is 0 Å². The van der Waals surface area contributed by atoms with Crippen molar-refractivity contribution in [1.29, 1.82) is 0 Å². The standard InChI is InChI=1S/C14H17N3/c1-2-16-11-14-15-8-9-17(14)10-13(16)12-6-4-3-5-7-12/h3-9,13H,2,10-11H2,1H3/t13-/m0/s1. The molecule has 0 unspecified atom stereocenters. The van der Waals surface area contributed by atoms with Crippen LogP contribution in [0.4, 0.5) is 0 Å². The van der Waals surface area contributed by atoms with Crippen molar-refractivity contribution in [3.05, 3.63) is 54.1 Å². The zero-order chi connectivity index (χ0) is 11.7. The Morgan fingerprint density at radius 1 is 1.29 bits per heavy atom. The summed E-state index contributed by atoms with van der Waals surface area (Å²) in [4.78, 5) is 6.89. The molecule has 1 aromatic heterocycles. The Hall–Kier alpha value is -1.61. The van der Waals surface area contributed by atoms with Crippen molar-refractivity contribution >= 4 is 0 Å². The lowest BCUT2D eigenvalue weighted by Gasteiger charge is -2.35. The van der Waals surface area contributed by atoms with E-state index in [1.54, 1.807) is 0 Å². The molecule has 17 heavy (non-hydrogen) atoms. The molecule has 88 valence electrons. The lowest BCUT2D eigenvalue weighted by atomic mass is 10.0. The molecular formula is C14H17N3. The maximum atomic E-state index is 4.40. The molecule has 1 atom stereocenters. The topological polar surface area (TPSA) is 21.1 Å². The van der Waals surface area contributed by atoms with E-state index in [0.717, 1.165) is 19.6 Å². The molecule has 0 fully saturated rings. The third kappa shape index (κ3) is 1.87. The van der Waals surface area contributed by atoms with Crippen LogP contribution in [-0.4, -0.2) is 21.0 Å². The van der Waals surface area contributed by atoms with Gasteiger partial charge in [-0.1, -0.05) is 37.3 Å². The van der Waals surface area contributed by atoms with E-state index < -0.39 is 0 Å². The highest BCUT2D eigenvalue weighted by Gasteiger charge is 2.26. The summed E-state index contributed by atoms with van der Waals surface area (Å²) >= 11 is 0. The Balaban J connectivity index is 1.95. The smallest absolute Gasteiger partial charge is 0.122 e. The van der Waals surface area contributed by atoms with Gasteiger partial charge in [-0.2, -0.15) is 0 Å². The fourth-order valence-corrected chi connectivity index (χ4v) is 2.58. The van der Waals surface area contributed by atoms with Gasteiger partial charge in [0.1, 0.15) is 5.82 Å². The molecule has 2 aromatic rings. The minimum atomic E-state index is 0.475. The van der Waals surface area contributed by atoms with Gasteiger partial charge in [0.05, 0.1) is 12.6 Å². The predicted molar refractivity (Wildman–Crippen MR) is 67.5 cm³/mol. The molecule has 3 heteroatoms. The second kappa shape index (κ2) is 4.34. The summed E-state index contributed by atoms with van der Waals surface area (Å²) in [5.74, 6) is 1.18. The van der Waals surface area contributed by atoms with Crippen molar-refractivity contribution in [3.63, 3.8) is 0 Å². The first-order valence-electron chi connectivity index (χ1n) is 6.17. The first-order valence-corrected chi connectivity index (χ1v) is 6.17. The van der Waals surface area contributed by atoms with Crippen molar-refractivity contribution in [2.45, 2.75) is 26.1 Å². The highest BCUT2D eigenvalue weighted by molar-refractivity contribution is 5.20. The number of rotatable bonds is 2. The Kier molecular flexibility index (Phi) is 2.69. The molecule has 0 radical (unpaired) electrons. The van der Waals surface area contributed by atoms with E-state index >= 15 is 0 Å². The predicted octanol–water partition coefficient (Wildman–Crippen LogP) is 2.46. The van der Waals surface area contributed by atoms with Crippen molar-refractivity contribution < 1.29 is 0 Å². The molecule has 0 amide bonds. The SMILES string of the molecule is CCN1Cc2nccn2C[C@H]1c1ccccc1. The fraction of sp³-hybridized carbons (Fsp3) is 0.357. The van der Waals surface area contributed by atoms with E-state index in [1.807, 2.05) is 6.20 Å². The van der Waals surface area contributed by atoms with Crippen LogP contribution in [0.5, 0.6) is 0 Å². The van der Waals surface area contributed by atoms with E-state index in [4.69, 9.17) is 0 Å². The van der Waals surface area contributed by atoms with E-state index in [9.17, 15) is 0 Å². The van der Waals surface area contributed by atoms with E-state index in [0.29, 0.717) is 6.04 Å². The number of fused-ring (bicyclic) bond motifs is 1. The van der Waals surface area contributed by atoms with Gasteiger partial charge >= 0.3 is 0 Å². The second-order valence-electron chi connectivity index (χ2n) is 4.49. The van der Waals surface area contributed by atoms with Gasteiger partial charge in [-0.25, -0.2) is 4.98 Å². The van der Waals surface area contributed by atoms with E-state index in [1.165, 1.54) is 11.4 Å². The highest BCUT2D eigenvalue weighted by Crippen LogP contribution is 2.28. The first kappa shape index (κ1) is 10.5. The number of hydrogen-bond acceptors (Lipinski definition) is 2. The zero-order valence-corrected chi connectivity index (χ0v) is 10.1. The van der Waals surface area contributed by atoms with Gasteiger partial charge in [-0.3, -0.25) is 4.90 Å². The quantitative estimate of drug-likeness (QED) is 0.786. The molecule has 3 rings (SSSR count). The van der Waals surface area contributed by atoms with Crippen molar-refractivity contribution in [2.75, 3.05) is 6.54 Å². The van der Waals surface area contributed by atoms with Crippen LogP contribution in [0.1, 0.15) is 24.4 Å². The molecule has 0 saturated carbocycles. The normalized spacial score (nSPS) is 20.2. The molecule has 0 aliphatic carbocycles. The number of likely N-dealkylation sites (N-methyl/N-ethyl adjacent to an activating group) is 1. The number of nitrogens with zero attached hydrogens (tertiary/aromatic N) is 3. The summed E-state index contributed by atoms with van der Waals surface area (Å²) in [6.45, 7) is 5.23. The lowest BCUT2D eigenvalue weighted by molar-refractivity contribution is 0.145. The summed E-state index contributed by atoms with van der Waals surface area (Å²) in [5, 5.41) is 0. The Morgan fingerprint density at radius 3 is 2.88 bits per heavy atom. The highest BCUT2D eigenvalue weighted by atomic mass is 15.3. The van der Waals surface area contributed by atoms with Gasteiger partial charge in [0.2, 0.25) is 0 Å². The summed E-state index contributed by atoms with van der Waals surface area (Å²) in [6, 6.07) is 11.2. The van der Waals surface area contributed by atoms with Gasteiger partial charge < -0.3 is 4.57 Å². The molecule has 2 heterocycles. The van der Waals surface area contributed by atoms with Crippen LogP contribution < -0.4 is 0 Å².